The van der Waals surface area contributed by atoms with E-state index in [-0.39, 0.29) is 29.2 Å². The number of hydrogen-bond donors (Lipinski definition) is 1. The van der Waals surface area contributed by atoms with Crippen molar-refractivity contribution in [1.82, 2.24) is 10.2 Å². The van der Waals surface area contributed by atoms with Crippen LogP contribution in [0.15, 0.2) is 42.5 Å². The summed E-state index contributed by atoms with van der Waals surface area (Å²) < 4.78 is 26.1. The van der Waals surface area contributed by atoms with Gasteiger partial charge in [-0.2, -0.15) is 0 Å². The van der Waals surface area contributed by atoms with E-state index in [9.17, 15) is 18.0 Å². The van der Waals surface area contributed by atoms with E-state index in [0.717, 1.165) is 28.1 Å². The van der Waals surface area contributed by atoms with Gasteiger partial charge in [0, 0.05) is 17.6 Å². The lowest BCUT2D eigenvalue weighted by atomic mass is 10.1. The van der Waals surface area contributed by atoms with Crippen molar-refractivity contribution in [2.24, 2.45) is 0 Å². The van der Waals surface area contributed by atoms with Crippen LogP contribution in [-0.4, -0.2) is 50.0 Å². The second-order valence-corrected chi connectivity index (χ2v) is 11.1. The van der Waals surface area contributed by atoms with Crippen LogP contribution in [0.5, 0.6) is 0 Å². The van der Waals surface area contributed by atoms with E-state index in [2.05, 4.69) is 5.32 Å². The number of hydrogen-bond acceptors (Lipinski definition) is 4. The normalized spacial score (nSPS) is 13.1. The van der Waals surface area contributed by atoms with E-state index in [0.29, 0.717) is 5.02 Å². The highest BCUT2D eigenvalue weighted by Gasteiger charge is 2.31. The van der Waals surface area contributed by atoms with Gasteiger partial charge in [0.25, 0.3) is 0 Å². The van der Waals surface area contributed by atoms with E-state index in [1.54, 1.807) is 6.92 Å². The molecule has 0 fully saturated rings. The molecule has 0 aliphatic carbocycles. The van der Waals surface area contributed by atoms with Crippen LogP contribution in [0.4, 0.5) is 5.69 Å². The first-order chi connectivity index (χ1) is 15.8. The van der Waals surface area contributed by atoms with Crippen LogP contribution < -0.4 is 9.62 Å². The van der Waals surface area contributed by atoms with Gasteiger partial charge in [0.1, 0.15) is 12.6 Å². The molecule has 186 valence electrons. The number of nitrogens with one attached hydrogen (secondary N) is 1. The number of nitrogens with zero attached hydrogens (tertiary/aromatic N) is 2. The van der Waals surface area contributed by atoms with Gasteiger partial charge in [-0.15, -0.1) is 0 Å². The summed E-state index contributed by atoms with van der Waals surface area (Å²) in [5.74, 6) is -0.851. The van der Waals surface area contributed by atoms with Gasteiger partial charge in [0.05, 0.1) is 17.0 Å². The number of anilines is 1. The number of rotatable bonds is 10. The highest BCUT2D eigenvalue weighted by molar-refractivity contribution is 7.92. The predicted molar refractivity (Wildman–Crippen MR) is 138 cm³/mol. The first-order valence-corrected chi connectivity index (χ1v) is 13.5. The number of amides is 2. The Kier molecular flexibility index (Phi) is 9.79. The minimum atomic E-state index is -3.87. The highest BCUT2D eigenvalue weighted by Crippen LogP contribution is 2.30. The Morgan fingerprint density at radius 2 is 1.76 bits per heavy atom. The minimum absolute atomic E-state index is 0.0636. The van der Waals surface area contributed by atoms with Crippen LogP contribution in [0.3, 0.4) is 0 Å². The molecule has 0 saturated carbocycles. The van der Waals surface area contributed by atoms with Crippen molar-refractivity contribution in [3.63, 3.8) is 0 Å². The maximum Gasteiger partial charge on any atom is 0.244 e. The summed E-state index contributed by atoms with van der Waals surface area (Å²) in [7, 11) is -3.87. The van der Waals surface area contributed by atoms with Crippen molar-refractivity contribution < 1.29 is 18.0 Å². The predicted octanol–water partition coefficient (Wildman–Crippen LogP) is 4.40. The number of halogens is 2. The molecule has 2 aromatic rings. The molecule has 0 saturated heterocycles. The molecular weight excluding hydrogens is 497 g/mol. The van der Waals surface area contributed by atoms with Gasteiger partial charge in [-0.25, -0.2) is 8.42 Å². The summed E-state index contributed by atoms with van der Waals surface area (Å²) in [5.41, 5.74) is 1.97. The van der Waals surface area contributed by atoms with E-state index in [1.165, 1.54) is 23.1 Å². The fourth-order valence-corrected chi connectivity index (χ4v) is 4.76. The molecular formula is C24H31Cl2N3O4S. The molecule has 0 radical (unpaired) electrons. The van der Waals surface area contributed by atoms with Gasteiger partial charge >= 0.3 is 0 Å². The summed E-state index contributed by atoms with van der Waals surface area (Å²) in [5, 5.41) is 3.33. The molecule has 0 unspecified atom stereocenters. The molecule has 0 aromatic heterocycles. The molecule has 34 heavy (non-hydrogen) atoms. The second-order valence-electron chi connectivity index (χ2n) is 8.37. The van der Waals surface area contributed by atoms with Crippen molar-refractivity contribution in [2.75, 3.05) is 17.1 Å². The number of carbonyl (C=O) groups excluding carboxylic acids is 2. The smallest absolute Gasteiger partial charge is 0.244 e. The van der Waals surface area contributed by atoms with Gasteiger partial charge in [0.2, 0.25) is 21.8 Å². The van der Waals surface area contributed by atoms with Gasteiger partial charge < -0.3 is 10.2 Å². The largest absolute Gasteiger partial charge is 0.352 e. The van der Waals surface area contributed by atoms with Crippen LogP contribution in [0, 0.1) is 6.92 Å². The lowest BCUT2D eigenvalue weighted by Crippen LogP contribution is -2.52. The third-order valence-electron chi connectivity index (χ3n) is 5.46. The van der Waals surface area contributed by atoms with Crippen molar-refractivity contribution in [3.05, 3.63) is 63.6 Å². The molecule has 0 bridgehead atoms. The molecule has 0 aliphatic heterocycles. The van der Waals surface area contributed by atoms with E-state index in [1.807, 2.05) is 45.0 Å². The lowest BCUT2D eigenvalue weighted by molar-refractivity contribution is -0.139. The molecule has 2 rings (SSSR count). The standard InChI is InChI=1S/C24H31Cl2N3O4S/c1-6-17(3)27-24(31)18(4)28(14-19-9-7-8-16(2)12-19)23(30)15-29(34(5,32)33)22-11-10-20(25)13-21(22)26/h7-13,17-18H,6,14-15H2,1-5H3,(H,27,31)/t17-,18-/m1/s1. The molecule has 2 atom stereocenters. The SMILES string of the molecule is CC[C@@H](C)NC(=O)[C@@H](C)N(Cc1cccc(C)c1)C(=O)CN(c1ccc(Cl)cc1Cl)S(C)(=O)=O. The van der Waals surface area contributed by atoms with Gasteiger partial charge in [0.15, 0.2) is 0 Å². The minimum Gasteiger partial charge on any atom is -0.352 e. The molecule has 0 aliphatic rings. The van der Waals surface area contributed by atoms with Crippen LogP contribution in [-0.2, 0) is 26.2 Å². The maximum atomic E-state index is 13.5. The monoisotopic (exact) mass is 527 g/mol. The van der Waals surface area contributed by atoms with Crippen LogP contribution in [0.25, 0.3) is 0 Å². The Hall–Kier alpha value is -2.29. The van der Waals surface area contributed by atoms with Crippen molar-refractivity contribution in [1.29, 1.82) is 0 Å². The topological polar surface area (TPSA) is 86.8 Å². The van der Waals surface area contributed by atoms with E-state index in [4.69, 9.17) is 23.2 Å². The summed E-state index contributed by atoms with van der Waals surface area (Å²) in [6, 6.07) is 11.0. The van der Waals surface area contributed by atoms with E-state index >= 15 is 0 Å². The van der Waals surface area contributed by atoms with Crippen LogP contribution in [0.1, 0.15) is 38.3 Å². The summed E-state index contributed by atoms with van der Waals surface area (Å²) in [6.45, 7) is 7.01. The molecule has 2 amide bonds. The van der Waals surface area contributed by atoms with Crippen molar-refractivity contribution in [3.8, 4) is 0 Å². The fraction of sp³-hybridized carbons (Fsp3) is 0.417. The van der Waals surface area contributed by atoms with Crippen molar-refractivity contribution >= 4 is 50.7 Å². The first-order valence-electron chi connectivity index (χ1n) is 10.9. The number of benzene rings is 2. The number of aryl methyl sites for hydroxylation is 1. The molecule has 7 nitrogen and oxygen atoms in total. The molecule has 0 spiro atoms. The Labute approximate surface area is 212 Å². The quantitative estimate of drug-likeness (QED) is 0.495. The Morgan fingerprint density at radius 3 is 2.32 bits per heavy atom. The Morgan fingerprint density at radius 1 is 1.09 bits per heavy atom. The zero-order valence-corrected chi connectivity index (χ0v) is 22.3. The molecule has 10 heteroatoms. The van der Waals surface area contributed by atoms with Crippen LogP contribution in [0.2, 0.25) is 10.0 Å². The molecule has 2 aromatic carbocycles. The summed E-state index contributed by atoms with van der Waals surface area (Å²) in [4.78, 5) is 27.8. The average molecular weight is 529 g/mol. The Bertz CT molecular complexity index is 1140. The van der Waals surface area contributed by atoms with Gasteiger partial charge in [-0.3, -0.25) is 13.9 Å². The Balaban J connectivity index is 2.42. The zero-order chi connectivity index (χ0) is 25.6. The summed E-state index contributed by atoms with van der Waals surface area (Å²) in [6.07, 6.45) is 1.73. The third-order valence-corrected chi connectivity index (χ3v) is 7.13. The molecule has 1 N–H and O–H groups in total. The number of sulfonamides is 1. The number of carbonyl (C=O) groups is 2. The van der Waals surface area contributed by atoms with Crippen molar-refractivity contribution in [2.45, 2.75) is 52.7 Å². The zero-order valence-electron chi connectivity index (χ0n) is 20.0. The van der Waals surface area contributed by atoms with Gasteiger partial charge in [-0.1, -0.05) is 60.0 Å². The second kappa shape index (κ2) is 11.9. The highest BCUT2D eigenvalue weighted by atomic mass is 35.5. The first kappa shape index (κ1) is 28.0. The fourth-order valence-electron chi connectivity index (χ4n) is 3.33. The third kappa shape index (κ3) is 7.61. The van der Waals surface area contributed by atoms with Crippen LogP contribution >= 0.6 is 23.2 Å². The van der Waals surface area contributed by atoms with E-state index < -0.39 is 28.5 Å². The molecule has 0 heterocycles. The maximum absolute atomic E-state index is 13.5. The lowest BCUT2D eigenvalue weighted by Gasteiger charge is -2.32. The van der Waals surface area contributed by atoms with Gasteiger partial charge in [-0.05, 0) is 51.0 Å². The average Bonchev–Trinajstić information content (AvgIpc) is 2.74. The summed E-state index contributed by atoms with van der Waals surface area (Å²) >= 11 is 12.2.